The van der Waals surface area contributed by atoms with Crippen molar-refractivity contribution in [3.63, 3.8) is 0 Å². The number of rotatable bonds is 3. The van der Waals surface area contributed by atoms with Gasteiger partial charge in [0.05, 0.1) is 6.61 Å². The lowest BCUT2D eigenvalue weighted by atomic mass is 10.2. The van der Waals surface area contributed by atoms with Crippen molar-refractivity contribution in [1.82, 2.24) is 6.15 Å². The van der Waals surface area contributed by atoms with Gasteiger partial charge in [0.2, 0.25) is 0 Å². The maximum absolute atomic E-state index is 10.4. The first kappa shape index (κ1) is 12.0. The van der Waals surface area contributed by atoms with Gasteiger partial charge in [0.1, 0.15) is 0 Å². The van der Waals surface area contributed by atoms with Crippen LogP contribution in [0.4, 0.5) is 0 Å². The second-order valence-corrected chi connectivity index (χ2v) is 3.46. The van der Waals surface area contributed by atoms with Gasteiger partial charge in [-0.3, -0.25) is 4.18 Å². The predicted octanol–water partition coefficient (Wildman–Crippen LogP) is 0.569. The largest absolute Gasteiger partial charge is 0.344 e. The molecule has 0 radical (unpaired) electrons. The van der Waals surface area contributed by atoms with Gasteiger partial charge in [-0.25, -0.2) is 5.14 Å². The Kier molecular flexibility index (Phi) is 4.57. The first-order chi connectivity index (χ1) is 5.58. The van der Waals surface area contributed by atoms with Crippen LogP contribution in [0.1, 0.15) is 5.56 Å². The highest BCUT2D eigenvalue weighted by Gasteiger charge is 2.01. The van der Waals surface area contributed by atoms with E-state index in [0.29, 0.717) is 0 Å². The van der Waals surface area contributed by atoms with E-state index >= 15 is 0 Å². The number of benzene rings is 1. The van der Waals surface area contributed by atoms with Crippen LogP contribution in [0.3, 0.4) is 0 Å². The van der Waals surface area contributed by atoms with Crippen molar-refractivity contribution in [2.45, 2.75) is 6.61 Å². The van der Waals surface area contributed by atoms with Gasteiger partial charge in [0, 0.05) is 0 Å². The second kappa shape index (κ2) is 4.93. The lowest BCUT2D eigenvalue weighted by Crippen LogP contribution is -2.15. The second-order valence-electron chi connectivity index (χ2n) is 2.24. The fourth-order valence-corrected chi connectivity index (χ4v) is 1.02. The zero-order chi connectivity index (χ0) is 9.03. The zero-order valence-corrected chi connectivity index (χ0v) is 7.83. The van der Waals surface area contributed by atoms with Crippen molar-refractivity contribution < 1.29 is 12.6 Å². The molecule has 0 aromatic heterocycles. The molecule has 0 aliphatic rings. The van der Waals surface area contributed by atoms with E-state index in [1.54, 1.807) is 24.3 Å². The monoisotopic (exact) mass is 204 g/mol. The standard InChI is InChI=1S/C7H9NO3S.H3N/c8-12(9,10)11-6-7-4-2-1-3-5-7;/h1-5H,6H2,(H2,8,9,10);1H3. The zero-order valence-electron chi connectivity index (χ0n) is 7.01. The fourth-order valence-electron chi connectivity index (χ4n) is 0.724. The molecule has 0 aliphatic heterocycles. The van der Waals surface area contributed by atoms with E-state index in [1.807, 2.05) is 6.07 Å². The molecule has 5 N–H and O–H groups in total. The third kappa shape index (κ3) is 5.31. The van der Waals surface area contributed by atoms with Crippen LogP contribution >= 0.6 is 0 Å². The van der Waals surface area contributed by atoms with Crippen molar-refractivity contribution in [3.05, 3.63) is 35.9 Å². The van der Waals surface area contributed by atoms with Crippen molar-refractivity contribution in [3.8, 4) is 0 Å². The van der Waals surface area contributed by atoms with Gasteiger partial charge in [0.25, 0.3) is 0 Å². The third-order valence-corrected chi connectivity index (χ3v) is 1.68. The Morgan fingerprint density at radius 3 is 2.23 bits per heavy atom. The summed E-state index contributed by atoms with van der Waals surface area (Å²) >= 11 is 0. The molecule has 1 aromatic rings. The summed E-state index contributed by atoms with van der Waals surface area (Å²) < 4.78 is 25.1. The number of nitrogens with two attached hydrogens (primary N) is 1. The summed E-state index contributed by atoms with van der Waals surface area (Å²) in [5.74, 6) is 0. The van der Waals surface area contributed by atoms with Crippen molar-refractivity contribution >= 4 is 10.3 Å². The first-order valence-corrected chi connectivity index (χ1v) is 4.76. The third-order valence-electron chi connectivity index (χ3n) is 1.23. The van der Waals surface area contributed by atoms with Crippen LogP contribution in [0, 0.1) is 0 Å². The molecule has 0 saturated carbocycles. The number of hydrogen-bond acceptors (Lipinski definition) is 4. The van der Waals surface area contributed by atoms with E-state index in [1.165, 1.54) is 0 Å². The topological polar surface area (TPSA) is 104 Å². The van der Waals surface area contributed by atoms with Crippen LogP contribution in [0.2, 0.25) is 0 Å². The van der Waals surface area contributed by atoms with Crippen LogP contribution < -0.4 is 11.3 Å². The van der Waals surface area contributed by atoms with E-state index in [9.17, 15) is 8.42 Å². The Bertz CT molecular complexity index is 336. The minimum Gasteiger partial charge on any atom is -0.344 e. The molecule has 0 unspecified atom stereocenters. The summed E-state index contributed by atoms with van der Waals surface area (Å²) in [6.45, 7) is -0.0142. The van der Waals surface area contributed by atoms with E-state index in [4.69, 9.17) is 0 Å². The van der Waals surface area contributed by atoms with Gasteiger partial charge in [-0.15, -0.1) is 0 Å². The predicted molar refractivity (Wildman–Crippen MR) is 49.4 cm³/mol. The van der Waals surface area contributed by atoms with Crippen LogP contribution in [-0.4, -0.2) is 8.42 Å². The van der Waals surface area contributed by atoms with E-state index in [-0.39, 0.29) is 12.8 Å². The molecule has 0 aliphatic carbocycles. The Balaban J connectivity index is 0.00000144. The minimum absolute atomic E-state index is 0. The van der Waals surface area contributed by atoms with Crippen molar-refractivity contribution in [2.75, 3.05) is 0 Å². The van der Waals surface area contributed by atoms with Crippen LogP contribution in [-0.2, 0) is 21.1 Å². The van der Waals surface area contributed by atoms with E-state index < -0.39 is 10.3 Å². The fraction of sp³-hybridized carbons (Fsp3) is 0.143. The molecule has 0 atom stereocenters. The van der Waals surface area contributed by atoms with Crippen molar-refractivity contribution in [2.24, 2.45) is 5.14 Å². The maximum atomic E-state index is 10.4. The maximum Gasteiger partial charge on any atom is 0.333 e. The highest BCUT2D eigenvalue weighted by atomic mass is 32.2. The summed E-state index contributed by atoms with van der Waals surface area (Å²) in [5.41, 5.74) is 0.770. The quantitative estimate of drug-likeness (QED) is 0.750. The Hall–Kier alpha value is -0.950. The van der Waals surface area contributed by atoms with E-state index in [0.717, 1.165) is 5.56 Å². The Labute approximate surface area is 77.4 Å². The molecule has 1 aromatic carbocycles. The molecule has 6 heteroatoms. The van der Waals surface area contributed by atoms with Gasteiger partial charge in [-0.05, 0) is 5.56 Å². The SMILES string of the molecule is N.NS(=O)(=O)OCc1ccccc1. The highest BCUT2D eigenvalue weighted by Crippen LogP contribution is 2.01. The Morgan fingerprint density at radius 1 is 1.23 bits per heavy atom. The summed E-state index contributed by atoms with van der Waals surface area (Å²) in [4.78, 5) is 0. The summed E-state index contributed by atoms with van der Waals surface area (Å²) in [7, 11) is -3.82. The van der Waals surface area contributed by atoms with Crippen LogP contribution in [0.5, 0.6) is 0 Å². The molecule has 0 bridgehead atoms. The lowest BCUT2D eigenvalue weighted by molar-refractivity contribution is 0.308. The average Bonchev–Trinajstić information content (AvgIpc) is 2.02. The highest BCUT2D eigenvalue weighted by molar-refractivity contribution is 7.84. The molecule has 13 heavy (non-hydrogen) atoms. The van der Waals surface area contributed by atoms with Crippen molar-refractivity contribution in [1.29, 1.82) is 0 Å². The van der Waals surface area contributed by atoms with Crippen LogP contribution in [0.15, 0.2) is 30.3 Å². The molecule has 0 spiro atoms. The van der Waals surface area contributed by atoms with Gasteiger partial charge in [-0.2, -0.15) is 8.42 Å². The molecule has 1 rings (SSSR count). The van der Waals surface area contributed by atoms with Crippen LogP contribution in [0.25, 0.3) is 0 Å². The molecule has 0 fully saturated rings. The molecule has 5 nitrogen and oxygen atoms in total. The molecular weight excluding hydrogens is 192 g/mol. The summed E-state index contributed by atoms with van der Waals surface area (Å²) in [5, 5.41) is 4.63. The molecule has 0 heterocycles. The van der Waals surface area contributed by atoms with Gasteiger partial charge >= 0.3 is 10.3 Å². The number of hydrogen-bond donors (Lipinski definition) is 2. The summed E-state index contributed by atoms with van der Waals surface area (Å²) in [6, 6.07) is 8.93. The van der Waals surface area contributed by atoms with Gasteiger partial charge in [-0.1, -0.05) is 30.3 Å². The Morgan fingerprint density at radius 2 is 1.77 bits per heavy atom. The van der Waals surface area contributed by atoms with Gasteiger partial charge in [0.15, 0.2) is 0 Å². The average molecular weight is 204 g/mol. The molecule has 0 saturated heterocycles. The lowest BCUT2D eigenvalue weighted by Gasteiger charge is -1.99. The van der Waals surface area contributed by atoms with Gasteiger partial charge < -0.3 is 6.15 Å². The minimum atomic E-state index is -3.82. The molecular formula is C7H12N2O3S. The molecule has 74 valence electrons. The van der Waals surface area contributed by atoms with E-state index in [2.05, 4.69) is 9.32 Å². The normalized spacial score (nSPS) is 10.5. The smallest absolute Gasteiger partial charge is 0.333 e. The first-order valence-electron chi connectivity index (χ1n) is 3.29. The molecule has 0 amide bonds. The summed E-state index contributed by atoms with van der Waals surface area (Å²) in [6.07, 6.45) is 0.